The highest BCUT2D eigenvalue weighted by atomic mass is 15.2. The second-order valence-electron chi connectivity index (χ2n) is 7.16. The summed E-state index contributed by atoms with van der Waals surface area (Å²) in [6.45, 7) is 6.37. The quantitative estimate of drug-likeness (QED) is 0.911. The summed E-state index contributed by atoms with van der Waals surface area (Å²) < 4.78 is 0. The van der Waals surface area contributed by atoms with Gasteiger partial charge in [-0.3, -0.25) is 4.90 Å². The third-order valence-corrected chi connectivity index (χ3v) is 5.54. The molecule has 2 N–H and O–H groups in total. The number of fused-ring (bicyclic) bond motifs is 1. The van der Waals surface area contributed by atoms with E-state index >= 15 is 0 Å². The fourth-order valence-corrected chi connectivity index (χ4v) is 4.72. The van der Waals surface area contributed by atoms with Crippen molar-refractivity contribution in [2.75, 3.05) is 13.1 Å². The Hall–Kier alpha value is -0.860. The van der Waals surface area contributed by atoms with Crippen LogP contribution in [0, 0.1) is 19.8 Å². The molecular weight excluding hydrogens is 256 g/mol. The van der Waals surface area contributed by atoms with Crippen molar-refractivity contribution in [1.29, 1.82) is 0 Å². The normalized spacial score (nSPS) is 28.1. The summed E-state index contributed by atoms with van der Waals surface area (Å²) in [5.41, 5.74) is 10.4. The molecule has 2 nitrogen and oxygen atoms in total. The predicted octanol–water partition coefficient (Wildman–Crippen LogP) is 3.96. The molecule has 0 bridgehead atoms. The van der Waals surface area contributed by atoms with Crippen LogP contribution in [-0.2, 0) is 0 Å². The second-order valence-corrected chi connectivity index (χ2v) is 7.16. The summed E-state index contributed by atoms with van der Waals surface area (Å²) in [4.78, 5) is 2.75. The van der Waals surface area contributed by atoms with Gasteiger partial charge in [0, 0.05) is 18.6 Å². The van der Waals surface area contributed by atoms with Gasteiger partial charge in [0.1, 0.15) is 0 Å². The fraction of sp³-hybridized carbons (Fsp3) is 0.684. The Morgan fingerprint density at radius 3 is 2.43 bits per heavy atom. The number of aryl methyl sites for hydroxylation is 2. The molecule has 1 aliphatic heterocycles. The summed E-state index contributed by atoms with van der Waals surface area (Å²) in [5, 5.41) is 0. The maximum Gasteiger partial charge on any atom is 0.0473 e. The van der Waals surface area contributed by atoms with Gasteiger partial charge in [-0.05, 0) is 57.6 Å². The lowest BCUT2D eigenvalue weighted by atomic mass is 9.77. The summed E-state index contributed by atoms with van der Waals surface area (Å²) in [6.07, 6.45) is 8.44. The lowest BCUT2D eigenvalue weighted by Gasteiger charge is -2.47. The summed E-state index contributed by atoms with van der Waals surface area (Å²) in [5.74, 6) is 0.924. The topological polar surface area (TPSA) is 29.3 Å². The van der Waals surface area contributed by atoms with E-state index < -0.39 is 0 Å². The molecule has 0 spiro atoms. The Bertz CT molecular complexity index is 460. The lowest BCUT2D eigenvalue weighted by Crippen LogP contribution is -2.50. The van der Waals surface area contributed by atoms with Crippen molar-refractivity contribution in [3.63, 3.8) is 0 Å². The van der Waals surface area contributed by atoms with Crippen LogP contribution in [0.4, 0.5) is 0 Å². The minimum Gasteiger partial charge on any atom is -0.329 e. The first kappa shape index (κ1) is 15.1. The molecule has 3 rings (SSSR count). The second kappa shape index (κ2) is 6.50. The van der Waals surface area contributed by atoms with Crippen molar-refractivity contribution in [2.24, 2.45) is 11.7 Å². The van der Waals surface area contributed by atoms with Gasteiger partial charge in [0.05, 0.1) is 0 Å². The molecule has 1 saturated carbocycles. The molecule has 0 aromatic heterocycles. The van der Waals surface area contributed by atoms with Crippen LogP contribution in [0.25, 0.3) is 0 Å². The molecule has 1 aromatic carbocycles. The number of rotatable bonds is 3. The van der Waals surface area contributed by atoms with Gasteiger partial charge in [-0.15, -0.1) is 0 Å². The molecule has 2 heteroatoms. The number of likely N-dealkylation sites (tertiary alicyclic amines) is 1. The van der Waals surface area contributed by atoms with Gasteiger partial charge in [0.15, 0.2) is 0 Å². The van der Waals surface area contributed by atoms with E-state index in [2.05, 4.69) is 36.9 Å². The highest BCUT2D eigenvalue weighted by Gasteiger charge is 2.36. The summed E-state index contributed by atoms with van der Waals surface area (Å²) in [6, 6.07) is 8.14. The van der Waals surface area contributed by atoms with Crippen LogP contribution < -0.4 is 5.73 Å². The largest absolute Gasteiger partial charge is 0.329 e. The van der Waals surface area contributed by atoms with E-state index in [0.29, 0.717) is 6.04 Å². The highest BCUT2D eigenvalue weighted by molar-refractivity contribution is 5.31. The smallest absolute Gasteiger partial charge is 0.0473 e. The first-order valence-corrected chi connectivity index (χ1v) is 8.73. The third kappa shape index (κ3) is 3.17. The van der Waals surface area contributed by atoms with Crippen molar-refractivity contribution in [1.82, 2.24) is 4.90 Å². The average Bonchev–Trinajstić information content (AvgIpc) is 2.47. The van der Waals surface area contributed by atoms with Crippen molar-refractivity contribution in [3.05, 3.63) is 34.9 Å². The number of piperidine rings is 1. The lowest BCUT2D eigenvalue weighted by molar-refractivity contribution is 0.0276. The molecule has 2 aliphatic rings. The molecule has 2 fully saturated rings. The zero-order valence-corrected chi connectivity index (χ0v) is 13.6. The third-order valence-electron chi connectivity index (χ3n) is 5.54. The van der Waals surface area contributed by atoms with Gasteiger partial charge in [-0.1, -0.05) is 42.2 Å². The van der Waals surface area contributed by atoms with E-state index in [1.807, 2.05) is 0 Å². The fourth-order valence-electron chi connectivity index (χ4n) is 4.72. The van der Waals surface area contributed by atoms with Gasteiger partial charge in [0.25, 0.3) is 0 Å². The first-order chi connectivity index (χ1) is 10.2. The molecule has 3 atom stereocenters. The SMILES string of the molecule is Cc1cc(C)cc(C(CN)N2CCCC3CCCCC32)c1. The van der Waals surface area contributed by atoms with Gasteiger partial charge >= 0.3 is 0 Å². The minimum atomic E-state index is 0.412. The summed E-state index contributed by atoms with van der Waals surface area (Å²) in [7, 11) is 0. The monoisotopic (exact) mass is 286 g/mol. The maximum absolute atomic E-state index is 6.22. The first-order valence-electron chi connectivity index (χ1n) is 8.73. The molecule has 21 heavy (non-hydrogen) atoms. The molecular formula is C19H30N2. The zero-order chi connectivity index (χ0) is 14.8. The van der Waals surface area contributed by atoms with E-state index in [-0.39, 0.29) is 0 Å². The van der Waals surface area contributed by atoms with Crippen molar-refractivity contribution >= 4 is 0 Å². The van der Waals surface area contributed by atoms with Crippen LogP contribution in [0.15, 0.2) is 18.2 Å². The predicted molar refractivity (Wildman–Crippen MR) is 89.4 cm³/mol. The molecule has 0 radical (unpaired) electrons. The number of nitrogens with zero attached hydrogens (tertiary/aromatic N) is 1. The number of benzene rings is 1. The number of nitrogens with two attached hydrogens (primary N) is 1. The highest BCUT2D eigenvalue weighted by Crippen LogP contribution is 2.39. The van der Waals surface area contributed by atoms with E-state index in [9.17, 15) is 0 Å². The standard InChI is InChI=1S/C19H30N2/c1-14-10-15(2)12-17(11-14)19(13-20)21-9-5-7-16-6-3-4-8-18(16)21/h10-12,16,18-19H,3-9,13,20H2,1-2H3. The molecule has 1 aliphatic carbocycles. The van der Waals surface area contributed by atoms with E-state index in [0.717, 1.165) is 18.5 Å². The van der Waals surface area contributed by atoms with Gasteiger partial charge in [-0.2, -0.15) is 0 Å². The average molecular weight is 286 g/mol. The van der Waals surface area contributed by atoms with Crippen LogP contribution >= 0.6 is 0 Å². The molecule has 1 aromatic rings. The Morgan fingerprint density at radius 2 is 1.71 bits per heavy atom. The zero-order valence-electron chi connectivity index (χ0n) is 13.6. The van der Waals surface area contributed by atoms with Gasteiger partial charge < -0.3 is 5.73 Å². The van der Waals surface area contributed by atoms with Crippen molar-refractivity contribution < 1.29 is 0 Å². The van der Waals surface area contributed by atoms with Crippen LogP contribution in [0.1, 0.15) is 61.3 Å². The Kier molecular flexibility index (Phi) is 4.66. The molecule has 3 unspecified atom stereocenters. The van der Waals surface area contributed by atoms with Crippen molar-refractivity contribution in [3.8, 4) is 0 Å². The Morgan fingerprint density at radius 1 is 1.05 bits per heavy atom. The van der Waals surface area contributed by atoms with Crippen LogP contribution in [0.5, 0.6) is 0 Å². The number of hydrogen-bond donors (Lipinski definition) is 1. The minimum absolute atomic E-state index is 0.412. The molecule has 1 saturated heterocycles. The summed E-state index contributed by atoms with van der Waals surface area (Å²) >= 11 is 0. The van der Waals surface area contributed by atoms with Gasteiger partial charge in [0.2, 0.25) is 0 Å². The molecule has 116 valence electrons. The maximum atomic E-state index is 6.22. The van der Waals surface area contributed by atoms with E-state index in [1.54, 1.807) is 0 Å². The van der Waals surface area contributed by atoms with Crippen molar-refractivity contribution in [2.45, 2.75) is 64.5 Å². The van der Waals surface area contributed by atoms with E-state index in [1.165, 1.54) is 61.8 Å². The van der Waals surface area contributed by atoms with Gasteiger partial charge in [-0.25, -0.2) is 0 Å². The molecule has 1 heterocycles. The molecule has 0 amide bonds. The van der Waals surface area contributed by atoms with Crippen LogP contribution in [0.2, 0.25) is 0 Å². The van der Waals surface area contributed by atoms with Crippen LogP contribution in [0.3, 0.4) is 0 Å². The Balaban J connectivity index is 1.87. The number of hydrogen-bond acceptors (Lipinski definition) is 2. The van der Waals surface area contributed by atoms with E-state index in [4.69, 9.17) is 5.73 Å². The van der Waals surface area contributed by atoms with Crippen LogP contribution in [-0.4, -0.2) is 24.0 Å². The Labute approximate surface area is 129 Å².